The number of fused-ring (bicyclic) bond motifs is 8. The Morgan fingerprint density at radius 3 is 0.953 bits per heavy atom. The highest BCUT2D eigenvalue weighted by Gasteiger charge is 2.38. The topological polar surface area (TPSA) is 90.3 Å². The first-order chi connectivity index (χ1) is 52.8. The van der Waals surface area contributed by atoms with Crippen molar-refractivity contribution in [2.45, 2.75) is 51.7 Å². The molecule has 16 aromatic rings. The lowest BCUT2D eigenvalue weighted by atomic mass is 9.73. The van der Waals surface area contributed by atoms with E-state index in [0.717, 1.165) is 119 Å². The van der Waals surface area contributed by atoms with Crippen LogP contribution in [-0.2, 0) is 18.3 Å². The third-order valence-corrected chi connectivity index (χ3v) is 23.2. The molecule has 0 atom stereocenters. The number of hydrogen-bond donors (Lipinski definition) is 0. The van der Waals surface area contributed by atoms with Crippen molar-refractivity contribution in [3.8, 4) is 79.5 Å². The molecule has 0 aliphatic carbocycles. The van der Waals surface area contributed by atoms with E-state index in [2.05, 4.69) is 294 Å². The lowest BCUT2D eigenvalue weighted by Crippen LogP contribution is -2.30. The van der Waals surface area contributed by atoms with Crippen molar-refractivity contribution < 1.29 is 0 Å². The van der Waals surface area contributed by atoms with Crippen molar-refractivity contribution >= 4 is 91.8 Å². The zero-order chi connectivity index (χ0) is 71.1. The summed E-state index contributed by atoms with van der Waals surface area (Å²) in [5, 5.41) is 0. The molecule has 0 unspecified atom stereocenters. The zero-order valence-electron chi connectivity index (χ0n) is 58.5. The van der Waals surface area contributed by atoms with Crippen LogP contribution in [0, 0.1) is 0 Å². The Kier molecular flexibility index (Phi) is 15.7. The first-order valence-electron chi connectivity index (χ1n) is 36.2. The fourth-order valence-electron chi connectivity index (χ4n) is 15.7. The number of rotatable bonds is 11. The largest absolute Gasteiger partial charge is 0.310 e. The lowest BCUT2D eigenvalue weighted by molar-refractivity contribution is 0.632. The van der Waals surface area contributed by atoms with Crippen LogP contribution in [0.25, 0.3) is 79.5 Å². The van der Waals surface area contributed by atoms with Crippen molar-refractivity contribution in [1.29, 1.82) is 0 Å². The molecule has 4 aliphatic rings. The van der Waals surface area contributed by atoms with Gasteiger partial charge in [0.2, 0.25) is 0 Å². The minimum absolute atomic E-state index is 0.329. The van der Waals surface area contributed by atoms with E-state index in [-0.39, 0.29) is 5.41 Å². The molecule has 508 valence electrons. The molecule has 0 fully saturated rings. The molecular formula is C95H66N10S2. The second-order valence-electron chi connectivity index (χ2n) is 27.8. The Balaban J connectivity index is 0.607. The van der Waals surface area contributed by atoms with Gasteiger partial charge in [0, 0.05) is 92.5 Å². The summed E-state index contributed by atoms with van der Waals surface area (Å²) < 4.78 is 0. The number of hydrogen-bond acceptors (Lipinski definition) is 12. The van der Waals surface area contributed by atoms with Crippen LogP contribution in [0.4, 0.5) is 68.2 Å². The molecule has 0 amide bonds. The van der Waals surface area contributed by atoms with Gasteiger partial charge in [0.05, 0.1) is 34.1 Å². The van der Waals surface area contributed by atoms with Crippen LogP contribution >= 0.6 is 23.5 Å². The normalized spacial score (nSPS) is 13.6. The highest BCUT2D eigenvalue weighted by Crippen LogP contribution is 2.58. The van der Waals surface area contributed by atoms with Crippen LogP contribution in [0.15, 0.2) is 359 Å². The molecule has 6 heterocycles. The molecule has 0 spiro atoms. The van der Waals surface area contributed by atoms with Crippen LogP contribution in [0.1, 0.15) is 36.1 Å². The van der Waals surface area contributed by atoms with E-state index in [0.29, 0.717) is 34.9 Å². The van der Waals surface area contributed by atoms with Gasteiger partial charge in [-0.25, -0.2) is 29.9 Å². The molecule has 12 heteroatoms. The molecule has 107 heavy (non-hydrogen) atoms. The zero-order valence-corrected chi connectivity index (χ0v) is 60.2. The Labute approximate surface area is 630 Å². The summed E-state index contributed by atoms with van der Waals surface area (Å²) in [7, 11) is 0. The minimum Gasteiger partial charge on any atom is -0.310 e. The van der Waals surface area contributed by atoms with Gasteiger partial charge in [0.15, 0.2) is 34.9 Å². The quantitative estimate of drug-likeness (QED) is 0.124. The van der Waals surface area contributed by atoms with Gasteiger partial charge in [-0.3, -0.25) is 0 Å². The van der Waals surface area contributed by atoms with Crippen molar-refractivity contribution in [2.24, 2.45) is 0 Å². The lowest BCUT2D eigenvalue weighted by Gasteiger charge is -2.42. The third kappa shape index (κ3) is 11.4. The van der Waals surface area contributed by atoms with Gasteiger partial charge in [-0.05, 0) is 186 Å². The maximum absolute atomic E-state index is 5.28. The van der Waals surface area contributed by atoms with Crippen molar-refractivity contribution in [3.63, 3.8) is 0 Å². The third-order valence-electron chi connectivity index (χ3n) is 21.0. The number of nitrogens with zero attached hydrogens (tertiary/aromatic N) is 10. The van der Waals surface area contributed by atoms with Gasteiger partial charge in [-0.15, -0.1) is 0 Å². The summed E-state index contributed by atoms with van der Waals surface area (Å²) in [6, 6.07) is 121. The van der Waals surface area contributed by atoms with Crippen LogP contribution in [0.3, 0.4) is 0 Å². The summed E-state index contributed by atoms with van der Waals surface area (Å²) >= 11 is 3.64. The average Bonchev–Trinajstić information content (AvgIpc) is 0.895. The maximum atomic E-state index is 5.28. The van der Waals surface area contributed by atoms with E-state index < -0.39 is 0 Å². The van der Waals surface area contributed by atoms with Crippen LogP contribution < -0.4 is 19.6 Å². The number of anilines is 12. The standard InChI is InChI=1S/C95H66N10S2/c1-95(2)75-30-14-17-33-79(75)105(74-54-57-84-88(60-74)107-86-37-21-19-35-82(86)103(84)72-49-44-68(45-50-72)93-98-89(64-24-6-3-7-25-64)96-90(99-93)65-26-8-4-9-27-65)80-55-48-70(58-76(80)95)61-38-42-67(43-39-61)92-97-91(66-28-10-5-11-29-66)100-94(101-92)69-46-51-71(52-47-69)102-81-34-18-20-36-85(81)106-87-59-73(53-56-83(87)102)104-77-31-15-12-22-62(77)40-41-63-23-13-16-32-78(63)104/h3-39,42-60H,40-41H2,1-2H3. The van der Waals surface area contributed by atoms with Gasteiger partial charge in [-0.2, -0.15) is 0 Å². The van der Waals surface area contributed by atoms with E-state index in [9.17, 15) is 0 Å². The first-order valence-corrected chi connectivity index (χ1v) is 37.8. The van der Waals surface area contributed by atoms with Crippen molar-refractivity contribution in [1.82, 2.24) is 29.9 Å². The van der Waals surface area contributed by atoms with Crippen molar-refractivity contribution in [3.05, 3.63) is 362 Å². The van der Waals surface area contributed by atoms with Gasteiger partial charge in [-0.1, -0.05) is 238 Å². The first kappa shape index (κ1) is 63.7. The SMILES string of the molecule is CC1(C)c2ccccc2N(c2ccc3c(c2)Sc2ccccc2N3c2ccc(-c3nc(-c4ccccc4)nc(-c4ccccc4)n3)cc2)c2ccc(-c3ccc(-c4nc(-c5ccccc5)nc(-c5ccc(N6c7ccccc7Sc7cc(N8c9ccccc9CCc9ccccc98)ccc76)cc5)n4)cc3)cc21. The summed E-state index contributed by atoms with van der Waals surface area (Å²) in [6.45, 7) is 4.71. The highest BCUT2D eigenvalue weighted by molar-refractivity contribution is 8.00. The van der Waals surface area contributed by atoms with E-state index in [1.54, 1.807) is 0 Å². The van der Waals surface area contributed by atoms with Gasteiger partial charge < -0.3 is 19.6 Å². The molecule has 14 aromatic carbocycles. The number of aryl methyl sites for hydroxylation is 2. The molecule has 0 saturated heterocycles. The minimum atomic E-state index is -0.329. The summed E-state index contributed by atoms with van der Waals surface area (Å²) in [5.41, 5.74) is 26.1. The Hall–Kier alpha value is -13.0. The molecule has 0 bridgehead atoms. The Bertz CT molecular complexity index is 6030. The predicted octanol–water partition coefficient (Wildman–Crippen LogP) is 25.3. The van der Waals surface area contributed by atoms with Gasteiger partial charge >= 0.3 is 0 Å². The second-order valence-corrected chi connectivity index (χ2v) is 30.0. The van der Waals surface area contributed by atoms with Crippen LogP contribution in [-0.4, -0.2) is 29.9 Å². The summed E-state index contributed by atoms with van der Waals surface area (Å²) in [5.74, 6) is 3.69. The number of aromatic nitrogens is 6. The van der Waals surface area contributed by atoms with E-state index in [1.165, 1.54) is 48.3 Å². The smallest absolute Gasteiger partial charge is 0.164 e. The Morgan fingerprint density at radius 1 is 0.224 bits per heavy atom. The summed E-state index contributed by atoms with van der Waals surface area (Å²) in [4.78, 5) is 45.1. The van der Waals surface area contributed by atoms with Crippen molar-refractivity contribution in [2.75, 3.05) is 19.6 Å². The second kappa shape index (κ2) is 26.3. The molecule has 10 nitrogen and oxygen atoms in total. The molecule has 0 saturated carbocycles. The van der Waals surface area contributed by atoms with Crippen LogP contribution in [0.2, 0.25) is 0 Å². The molecular weight excluding hydrogens is 1350 g/mol. The van der Waals surface area contributed by atoms with E-state index in [4.69, 9.17) is 29.9 Å². The molecule has 4 aliphatic heterocycles. The highest BCUT2D eigenvalue weighted by atomic mass is 32.2. The fourth-order valence-corrected chi connectivity index (χ4v) is 17.8. The molecule has 20 rings (SSSR count). The van der Waals surface area contributed by atoms with E-state index in [1.807, 2.05) is 102 Å². The maximum Gasteiger partial charge on any atom is 0.164 e. The molecule has 0 N–H and O–H groups in total. The van der Waals surface area contributed by atoms with Crippen LogP contribution in [0.5, 0.6) is 0 Å². The predicted molar refractivity (Wildman–Crippen MR) is 438 cm³/mol. The average molecular weight is 1410 g/mol. The molecule has 2 aromatic heterocycles. The monoisotopic (exact) mass is 1410 g/mol. The molecule has 0 radical (unpaired) electrons. The van der Waals surface area contributed by atoms with Gasteiger partial charge in [0.1, 0.15) is 0 Å². The Morgan fingerprint density at radius 2 is 0.514 bits per heavy atom. The fraction of sp³-hybridized carbons (Fsp3) is 0.0526. The number of benzene rings is 14. The number of para-hydroxylation sites is 5. The van der Waals surface area contributed by atoms with Gasteiger partial charge in [0.25, 0.3) is 0 Å². The van der Waals surface area contributed by atoms with E-state index >= 15 is 0 Å². The summed E-state index contributed by atoms with van der Waals surface area (Å²) in [6.07, 6.45) is 1.99.